The quantitative estimate of drug-likeness (QED) is 0.717. The van der Waals surface area contributed by atoms with Crippen LogP contribution in [0.25, 0.3) is 0 Å². The van der Waals surface area contributed by atoms with Crippen molar-refractivity contribution in [1.29, 1.82) is 0 Å². The first-order chi connectivity index (χ1) is 6.77. The molecule has 2 heteroatoms. The normalized spacial score (nSPS) is 29.0. The van der Waals surface area contributed by atoms with Crippen molar-refractivity contribution in [1.82, 2.24) is 0 Å². The Kier molecular flexibility index (Phi) is 2.85. The van der Waals surface area contributed by atoms with Crippen molar-refractivity contribution in [2.24, 2.45) is 0 Å². The molecule has 3 atom stereocenters. The van der Waals surface area contributed by atoms with Crippen LogP contribution in [0.2, 0.25) is 0 Å². The zero-order valence-corrected chi connectivity index (χ0v) is 8.64. The van der Waals surface area contributed by atoms with E-state index in [2.05, 4.69) is 31.2 Å². The molecule has 2 nitrogen and oxygen atoms in total. The maximum Gasteiger partial charge on any atom is 0.155 e. The van der Waals surface area contributed by atoms with Gasteiger partial charge in [-0.15, -0.1) is 0 Å². The van der Waals surface area contributed by atoms with Gasteiger partial charge in [-0.1, -0.05) is 37.3 Å². The fourth-order valence-electron chi connectivity index (χ4n) is 1.79. The van der Waals surface area contributed by atoms with E-state index in [4.69, 9.17) is 9.47 Å². The van der Waals surface area contributed by atoms with Gasteiger partial charge in [0, 0.05) is 5.92 Å². The molecule has 1 fully saturated rings. The van der Waals surface area contributed by atoms with Crippen molar-refractivity contribution >= 4 is 0 Å². The van der Waals surface area contributed by atoms with E-state index in [0.717, 1.165) is 0 Å². The number of ether oxygens (including phenoxy) is 2. The fraction of sp³-hybridized carbons (Fsp3) is 0.500. The van der Waals surface area contributed by atoms with Gasteiger partial charge in [-0.2, -0.15) is 0 Å². The van der Waals surface area contributed by atoms with Gasteiger partial charge < -0.3 is 9.47 Å². The van der Waals surface area contributed by atoms with Crippen molar-refractivity contribution in [2.75, 3.05) is 6.61 Å². The monoisotopic (exact) mass is 192 g/mol. The molecule has 0 aliphatic carbocycles. The molecule has 1 aliphatic heterocycles. The minimum absolute atomic E-state index is 0.0498. The van der Waals surface area contributed by atoms with Gasteiger partial charge in [0.2, 0.25) is 0 Å². The molecular weight excluding hydrogens is 176 g/mol. The molecule has 1 saturated heterocycles. The lowest BCUT2D eigenvalue weighted by atomic mass is 9.96. The molecule has 0 radical (unpaired) electrons. The SMILES string of the molecule is C[C@@H]1OC[C@@H]([C@H](C)c2ccccc2)O1. The van der Waals surface area contributed by atoms with Crippen molar-refractivity contribution in [3.8, 4) is 0 Å². The van der Waals surface area contributed by atoms with E-state index in [0.29, 0.717) is 12.5 Å². The molecule has 1 heterocycles. The van der Waals surface area contributed by atoms with Gasteiger partial charge in [0.05, 0.1) is 12.7 Å². The first-order valence-electron chi connectivity index (χ1n) is 5.09. The Bertz CT molecular complexity index is 284. The van der Waals surface area contributed by atoms with Crippen molar-refractivity contribution in [3.05, 3.63) is 35.9 Å². The molecule has 0 aromatic heterocycles. The minimum atomic E-state index is -0.0498. The molecule has 0 N–H and O–H groups in total. The van der Waals surface area contributed by atoms with Gasteiger partial charge in [0.25, 0.3) is 0 Å². The van der Waals surface area contributed by atoms with Crippen LogP contribution in [0.15, 0.2) is 30.3 Å². The molecule has 14 heavy (non-hydrogen) atoms. The molecule has 1 aliphatic rings. The van der Waals surface area contributed by atoms with Gasteiger partial charge in [0.1, 0.15) is 0 Å². The highest BCUT2D eigenvalue weighted by Gasteiger charge is 2.28. The average molecular weight is 192 g/mol. The second-order valence-corrected chi connectivity index (χ2v) is 3.77. The van der Waals surface area contributed by atoms with E-state index in [1.165, 1.54) is 5.56 Å². The second-order valence-electron chi connectivity index (χ2n) is 3.77. The Labute approximate surface area is 84.8 Å². The molecule has 0 amide bonds. The standard InChI is InChI=1S/C12H16O2/c1-9(11-6-4-3-5-7-11)12-8-13-10(2)14-12/h3-7,9-10,12H,8H2,1-2H3/t9-,10-,12+/m1/s1. The third-order valence-electron chi connectivity index (χ3n) is 2.74. The molecule has 0 unspecified atom stereocenters. The summed E-state index contributed by atoms with van der Waals surface area (Å²) in [6, 6.07) is 10.4. The van der Waals surface area contributed by atoms with E-state index < -0.39 is 0 Å². The molecule has 0 spiro atoms. The number of hydrogen-bond donors (Lipinski definition) is 0. The number of rotatable bonds is 2. The lowest BCUT2D eigenvalue weighted by Gasteiger charge is -2.17. The fourth-order valence-corrected chi connectivity index (χ4v) is 1.79. The van der Waals surface area contributed by atoms with Crippen LogP contribution >= 0.6 is 0 Å². The van der Waals surface area contributed by atoms with Crippen LogP contribution in [0.5, 0.6) is 0 Å². The van der Waals surface area contributed by atoms with Crippen molar-refractivity contribution < 1.29 is 9.47 Å². The van der Waals surface area contributed by atoms with Crippen LogP contribution in [-0.2, 0) is 9.47 Å². The maximum absolute atomic E-state index is 5.66. The summed E-state index contributed by atoms with van der Waals surface area (Å²) >= 11 is 0. The Morgan fingerprint density at radius 3 is 2.57 bits per heavy atom. The molecule has 1 aromatic rings. The van der Waals surface area contributed by atoms with Crippen molar-refractivity contribution in [3.63, 3.8) is 0 Å². The second kappa shape index (κ2) is 4.11. The molecule has 0 saturated carbocycles. The summed E-state index contributed by atoms with van der Waals surface area (Å²) < 4.78 is 11.0. The molecular formula is C12H16O2. The van der Waals surface area contributed by atoms with Gasteiger partial charge in [-0.3, -0.25) is 0 Å². The predicted molar refractivity (Wildman–Crippen MR) is 55.1 cm³/mol. The van der Waals surface area contributed by atoms with Crippen LogP contribution in [0.1, 0.15) is 25.3 Å². The Balaban J connectivity index is 2.05. The van der Waals surface area contributed by atoms with E-state index >= 15 is 0 Å². The third kappa shape index (κ3) is 1.97. The lowest BCUT2D eigenvalue weighted by Crippen LogP contribution is -2.18. The summed E-state index contributed by atoms with van der Waals surface area (Å²) in [6.07, 6.45) is 0.151. The molecule has 1 aromatic carbocycles. The lowest BCUT2D eigenvalue weighted by molar-refractivity contribution is -0.0455. The summed E-state index contributed by atoms with van der Waals surface area (Å²) in [5.74, 6) is 0.404. The molecule has 2 rings (SSSR count). The Hall–Kier alpha value is -0.860. The van der Waals surface area contributed by atoms with Crippen LogP contribution in [0, 0.1) is 0 Å². The van der Waals surface area contributed by atoms with Crippen molar-refractivity contribution in [2.45, 2.75) is 32.2 Å². The topological polar surface area (TPSA) is 18.5 Å². The number of benzene rings is 1. The summed E-state index contributed by atoms with van der Waals surface area (Å²) in [5.41, 5.74) is 1.32. The highest BCUT2D eigenvalue weighted by Crippen LogP contribution is 2.26. The largest absolute Gasteiger partial charge is 0.350 e. The van der Waals surface area contributed by atoms with E-state index in [1.54, 1.807) is 0 Å². The molecule has 0 bridgehead atoms. The van der Waals surface area contributed by atoms with E-state index in [1.807, 2.05) is 13.0 Å². The van der Waals surface area contributed by atoms with Crippen LogP contribution in [-0.4, -0.2) is 19.0 Å². The summed E-state index contributed by atoms with van der Waals surface area (Å²) in [6.45, 7) is 4.83. The summed E-state index contributed by atoms with van der Waals surface area (Å²) in [4.78, 5) is 0. The Morgan fingerprint density at radius 1 is 1.29 bits per heavy atom. The van der Waals surface area contributed by atoms with E-state index in [-0.39, 0.29) is 12.4 Å². The Morgan fingerprint density at radius 2 is 2.00 bits per heavy atom. The van der Waals surface area contributed by atoms with Gasteiger partial charge >= 0.3 is 0 Å². The molecule has 76 valence electrons. The maximum atomic E-state index is 5.66. The highest BCUT2D eigenvalue weighted by molar-refractivity contribution is 5.20. The zero-order chi connectivity index (χ0) is 9.97. The smallest absolute Gasteiger partial charge is 0.155 e. The zero-order valence-electron chi connectivity index (χ0n) is 8.64. The van der Waals surface area contributed by atoms with Gasteiger partial charge in [-0.25, -0.2) is 0 Å². The average Bonchev–Trinajstić information content (AvgIpc) is 2.65. The van der Waals surface area contributed by atoms with Crippen LogP contribution in [0.3, 0.4) is 0 Å². The third-order valence-corrected chi connectivity index (χ3v) is 2.74. The first kappa shape index (κ1) is 9.69. The van der Waals surface area contributed by atoms with Crippen LogP contribution in [0.4, 0.5) is 0 Å². The first-order valence-corrected chi connectivity index (χ1v) is 5.09. The summed E-state index contributed by atoms with van der Waals surface area (Å²) in [7, 11) is 0. The van der Waals surface area contributed by atoms with Gasteiger partial charge in [-0.05, 0) is 12.5 Å². The van der Waals surface area contributed by atoms with Gasteiger partial charge in [0.15, 0.2) is 6.29 Å². The summed E-state index contributed by atoms with van der Waals surface area (Å²) in [5, 5.41) is 0. The van der Waals surface area contributed by atoms with E-state index in [9.17, 15) is 0 Å². The highest BCUT2D eigenvalue weighted by atomic mass is 16.7. The minimum Gasteiger partial charge on any atom is -0.350 e. The predicted octanol–water partition coefficient (Wildman–Crippen LogP) is 2.55. The number of hydrogen-bond acceptors (Lipinski definition) is 2. The van der Waals surface area contributed by atoms with Crippen LogP contribution < -0.4 is 0 Å².